The first-order valence-corrected chi connectivity index (χ1v) is 14.9. The first kappa shape index (κ1) is 26.0. The predicted octanol–water partition coefficient (Wildman–Crippen LogP) is 5.18. The van der Waals surface area contributed by atoms with E-state index in [1.165, 1.54) is 0 Å². The zero-order valence-electron chi connectivity index (χ0n) is 20.1. The van der Waals surface area contributed by atoms with Crippen LogP contribution in [0.1, 0.15) is 18.4 Å². The van der Waals surface area contributed by atoms with Crippen LogP contribution in [0.25, 0.3) is 22.3 Å². The normalized spacial score (nSPS) is 16.6. The number of halogens is 1. The van der Waals surface area contributed by atoms with Crippen molar-refractivity contribution in [3.8, 4) is 11.3 Å². The van der Waals surface area contributed by atoms with Crippen LogP contribution >= 0.6 is 11.6 Å². The zero-order valence-corrected chi connectivity index (χ0v) is 22.5. The third kappa shape index (κ3) is 5.36. The van der Waals surface area contributed by atoms with Gasteiger partial charge in [-0.05, 0) is 23.8 Å². The van der Waals surface area contributed by atoms with Crippen molar-refractivity contribution in [2.24, 2.45) is 0 Å². The highest BCUT2D eigenvalue weighted by atomic mass is 35.5. The van der Waals surface area contributed by atoms with E-state index in [9.17, 15) is 19.2 Å². The van der Waals surface area contributed by atoms with Crippen molar-refractivity contribution in [3.05, 3.63) is 87.6 Å². The van der Waals surface area contributed by atoms with Crippen molar-refractivity contribution in [1.29, 1.82) is 0 Å². The van der Waals surface area contributed by atoms with Crippen molar-refractivity contribution in [2.75, 3.05) is 19.3 Å². The van der Waals surface area contributed by atoms with Crippen molar-refractivity contribution in [2.45, 2.75) is 29.5 Å². The molecule has 2 aromatic heterocycles. The molecule has 1 aliphatic rings. The van der Waals surface area contributed by atoms with Gasteiger partial charge in [0.2, 0.25) is 0 Å². The topological polar surface area (TPSA) is 110 Å². The maximum Gasteiger partial charge on any atom is 0.306 e. The summed E-state index contributed by atoms with van der Waals surface area (Å²) in [5, 5.41) is 12.0. The highest BCUT2D eigenvalue weighted by Gasteiger charge is 2.28. The number of pyridine rings is 1. The van der Waals surface area contributed by atoms with Gasteiger partial charge in [-0.2, -0.15) is 0 Å². The Labute approximate surface area is 225 Å². The lowest BCUT2D eigenvalue weighted by Crippen LogP contribution is -2.38. The molecule has 37 heavy (non-hydrogen) atoms. The summed E-state index contributed by atoms with van der Waals surface area (Å²) in [7, 11) is 0. The van der Waals surface area contributed by atoms with Crippen LogP contribution < -0.4 is 0 Å². The minimum Gasteiger partial charge on any atom is -0.616 e. The molecular formula is C26H25ClN4O4S2. The molecule has 4 aromatic rings. The molecule has 11 heteroatoms. The Balaban J connectivity index is 1.49. The number of hydrogen-bond acceptors (Lipinski definition) is 6. The maximum atomic E-state index is 13.7. The highest BCUT2D eigenvalue weighted by Crippen LogP contribution is 2.38. The number of benzene rings is 2. The fourth-order valence-electron chi connectivity index (χ4n) is 4.66. The fraction of sp³-hybridized carbons (Fsp3) is 0.269. The lowest BCUT2D eigenvalue weighted by atomic mass is 10.1. The van der Waals surface area contributed by atoms with Gasteiger partial charge in [-0.15, -0.1) is 3.97 Å². The van der Waals surface area contributed by atoms with Crippen LogP contribution in [0.15, 0.2) is 71.8 Å². The average Bonchev–Trinajstić information content (AvgIpc) is 3.30. The van der Waals surface area contributed by atoms with Gasteiger partial charge in [0.25, 0.3) is 0 Å². The second kappa shape index (κ2) is 11.0. The zero-order chi connectivity index (χ0) is 26.1. The number of hydrogen-bond donors (Lipinski definition) is 0. The second-order valence-electron chi connectivity index (χ2n) is 9.01. The Hall–Kier alpha value is -2.60. The van der Waals surface area contributed by atoms with Crippen LogP contribution in [-0.4, -0.2) is 52.5 Å². The van der Waals surface area contributed by atoms with Gasteiger partial charge in [-0.25, -0.2) is 4.98 Å². The number of piperidine rings is 1. The van der Waals surface area contributed by atoms with E-state index in [2.05, 4.69) is 9.88 Å². The van der Waals surface area contributed by atoms with Crippen molar-refractivity contribution < 1.29 is 14.0 Å². The number of likely N-dealkylation sites (tertiary alicyclic amines) is 1. The minimum atomic E-state index is -1.65. The Bertz CT molecular complexity index is 1410. The molecule has 0 spiro atoms. The summed E-state index contributed by atoms with van der Waals surface area (Å²) in [6.07, 6.45) is 4.76. The summed E-state index contributed by atoms with van der Waals surface area (Å²) in [5.41, 5.74) is 2.55. The molecule has 2 atom stereocenters. The number of fused-ring (bicyclic) bond motifs is 1. The Morgan fingerprint density at radius 2 is 1.76 bits per heavy atom. The number of nitrogens with zero attached hydrogens (tertiary/aromatic N) is 4. The second-order valence-corrected chi connectivity index (χ2v) is 12.4. The molecule has 8 nitrogen and oxygen atoms in total. The smallest absolute Gasteiger partial charge is 0.306 e. The largest absolute Gasteiger partial charge is 0.616 e. The van der Waals surface area contributed by atoms with E-state index in [0.717, 1.165) is 49.8 Å². The number of rotatable bonds is 7. The molecule has 2 aromatic carbocycles. The molecule has 1 fully saturated rings. The molecule has 192 valence electrons. The van der Waals surface area contributed by atoms with E-state index in [0.29, 0.717) is 21.6 Å². The monoisotopic (exact) mass is 556 g/mol. The third-order valence-electron chi connectivity index (χ3n) is 6.67. The van der Waals surface area contributed by atoms with Crippen LogP contribution in [0.4, 0.5) is 5.69 Å². The Morgan fingerprint density at radius 3 is 2.38 bits per heavy atom. The van der Waals surface area contributed by atoms with Gasteiger partial charge in [0, 0.05) is 43.4 Å². The molecule has 0 N–H and O–H groups in total. The highest BCUT2D eigenvalue weighted by molar-refractivity contribution is 7.91. The molecule has 1 saturated heterocycles. The van der Waals surface area contributed by atoms with Gasteiger partial charge in [0.05, 0.1) is 11.2 Å². The van der Waals surface area contributed by atoms with Gasteiger partial charge in [-0.1, -0.05) is 65.2 Å². The fourth-order valence-corrected chi connectivity index (χ4v) is 7.03. The van der Waals surface area contributed by atoms with Crippen LogP contribution in [-0.2, 0) is 29.1 Å². The number of nitro groups is 1. The van der Waals surface area contributed by atoms with Crippen LogP contribution in [0.2, 0.25) is 5.02 Å². The van der Waals surface area contributed by atoms with Gasteiger partial charge in [0.15, 0.2) is 10.5 Å². The summed E-state index contributed by atoms with van der Waals surface area (Å²) in [5.74, 6) is 0. The molecule has 0 radical (unpaired) electrons. The Morgan fingerprint density at radius 1 is 1.08 bits per heavy atom. The molecule has 1 aliphatic heterocycles. The first-order chi connectivity index (χ1) is 17.8. The summed E-state index contributed by atoms with van der Waals surface area (Å²) in [6, 6.07) is 18.7. The van der Waals surface area contributed by atoms with Gasteiger partial charge in [0.1, 0.15) is 33.5 Å². The SMILES string of the molecule is C[S+]([O-])C1CCN(Cc2ccc(-c3cc4c(Cl)c([N+](=O)[O-])cnc4n3[S+]([O-])c3ccccc3)cc2)CC1. The molecule has 0 aliphatic carbocycles. The standard InChI is InChI=1S/C26H25ClN4O4S2/c1-36(34)20-11-13-29(14-12-20)17-18-7-9-19(10-8-18)23-15-22-25(27)24(31(32)33)16-28-26(22)30(23)37(35)21-5-3-2-4-6-21/h2-10,15-16,20H,11-14,17H2,1H3. The summed E-state index contributed by atoms with van der Waals surface area (Å²) in [6.45, 7) is 2.63. The van der Waals surface area contributed by atoms with Crippen LogP contribution in [0, 0.1) is 10.1 Å². The molecule has 0 amide bonds. The van der Waals surface area contributed by atoms with E-state index < -0.39 is 27.5 Å². The molecule has 5 rings (SSSR count). The van der Waals surface area contributed by atoms with Crippen LogP contribution in [0.5, 0.6) is 0 Å². The summed E-state index contributed by atoms with van der Waals surface area (Å²) in [4.78, 5) is 18.1. The first-order valence-electron chi connectivity index (χ1n) is 11.8. The summed E-state index contributed by atoms with van der Waals surface area (Å²) >= 11 is 3.97. The van der Waals surface area contributed by atoms with Gasteiger partial charge in [-0.3, -0.25) is 15.0 Å². The van der Waals surface area contributed by atoms with Gasteiger partial charge >= 0.3 is 5.69 Å². The Kier molecular flexibility index (Phi) is 7.75. The lowest BCUT2D eigenvalue weighted by Gasteiger charge is -2.31. The molecule has 0 bridgehead atoms. The van der Waals surface area contributed by atoms with Crippen molar-refractivity contribution in [1.82, 2.24) is 13.9 Å². The molecular weight excluding hydrogens is 532 g/mol. The maximum absolute atomic E-state index is 13.7. The van der Waals surface area contributed by atoms with Crippen molar-refractivity contribution in [3.63, 3.8) is 0 Å². The predicted molar refractivity (Wildman–Crippen MR) is 147 cm³/mol. The van der Waals surface area contributed by atoms with E-state index >= 15 is 0 Å². The van der Waals surface area contributed by atoms with Crippen LogP contribution in [0.3, 0.4) is 0 Å². The third-order valence-corrected chi connectivity index (χ3v) is 9.86. The van der Waals surface area contributed by atoms with E-state index in [1.54, 1.807) is 40.6 Å². The average molecular weight is 557 g/mol. The minimum absolute atomic E-state index is 0.0342. The molecule has 0 saturated carbocycles. The number of aromatic nitrogens is 2. The van der Waals surface area contributed by atoms with E-state index in [1.807, 2.05) is 30.3 Å². The quantitative estimate of drug-likeness (QED) is 0.176. The molecule has 3 heterocycles. The van der Waals surface area contributed by atoms with Gasteiger partial charge < -0.3 is 9.11 Å². The van der Waals surface area contributed by atoms with Crippen molar-refractivity contribution >= 4 is 50.9 Å². The van der Waals surface area contributed by atoms with E-state index in [-0.39, 0.29) is 16.0 Å². The lowest BCUT2D eigenvalue weighted by molar-refractivity contribution is -0.384. The van der Waals surface area contributed by atoms with E-state index in [4.69, 9.17) is 11.6 Å². The molecule has 2 unspecified atom stereocenters. The summed E-state index contributed by atoms with van der Waals surface area (Å²) < 4.78 is 27.0.